The van der Waals surface area contributed by atoms with E-state index in [9.17, 15) is 4.79 Å². The maximum Gasteiger partial charge on any atom is 0.223 e. The number of nitrogens with zero attached hydrogens (tertiary/aromatic N) is 2. The molecule has 1 amide bonds. The van der Waals surface area contributed by atoms with E-state index in [4.69, 9.17) is 5.26 Å². The SMILES string of the molecule is CCc1c(CC[C@@H]2CCCN2C(=O)CC2CCCC2)[nH]c2cc(C#N)ccc12. The van der Waals surface area contributed by atoms with Crippen LogP contribution in [-0.2, 0) is 17.6 Å². The first-order chi connectivity index (χ1) is 13.7. The van der Waals surface area contributed by atoms with Crippen molar-refractivity contribution < 1.29 is 4.79 Å². The first-order valence-electron chi connectivity index (χ1n) is 11.0. The molecule has 1 aromatic heterocycles. The van der Waals surface area contributed by atoms with Gasteiger partial charge in [-0.25, -0.2) is 0 Å². The van der Waals surface area contributed by atoms with Gasteiger partial charge in [0.2, 0.25) is 5.91 Å². The van der Waals surface area contributed by atoms with Crippen LogP contribution in [0.1, 0.15) is 75.1 Å². The molecule has 28 heavy (non-hydrogen) atoms. The summed E-state index contributed by atoms with van der Waals surface area (Å²) in [5.41, 5.74) is 4.40. The number of hydrogen-bond acceptors (Lipinski definition) is 2. The average molecular weight is 378 g/mol. The summed E-state index contributed by atoms with van der Waals surface area (Å²) in [6.07, 6.45) is 11.1. The lowest BCUT2D eigenvalue weighted by molar-refractivity contribution is -0.133. The molecule has 2 fully saturated rings. The van der Waals surface area contributed by atoms with Crippen molar-refractivity contribution in [2.45, 2.75) is 77.2 Å². The number of aromatic nitrogens is 1. The molecule has 1 aromatic carbocycles. The van der Waals surface area contributed by atoms with Gasteiger partial charge in [-0.1, -0.05) is 25.8 Å². The zero-order valence-electron chi connectivity index (χ0n) is 17.0. The summed E-state index contributed by atoms with van der Waals surface area (Å²) in [6.45, 7) is 3.13. The summed E-state index contributed by atoms with van der Waals surface area (Å²) in [5, 5.41) is 10.4. The molecule has 148 valence electrons. The predicted molar refractivity (Wildman–Crippen MR) is 112 cm³/mol. The highest BCUT2D eigenvalue weighted by atomic mass is 16.2. The van der Waals surface area contributed by atoms with E-state index in [0.717, 1.165) is 50.6 Å². The number of nitrogens with one attached hydrogen (secondary N) is 1. The van der Waals surface area contributed by atoms with Crippen molar-refractivity contribution in [3.63, 3.8) is 0 Å². The number of likely N-dealkylation sites (tertiary alicyclic amines) is 1. The standard InChI is InChI=1S/C24H31N3O/c1-2-20-21-11-9-18(16-25)14-23(21)26-22(20)12-10-19-8-5-13-27(19)24(28)15-17-6-3-4-7-17/h9,11,14,17,19,26H,2-8,10,12-13,15H2,1H3/t19-/m0/s1. The lowest BCUT2D eigenvalue weighted by Crippen LogP contribution is -2.36. The van der Waals surface area contributed by atoms with Crippen LogP contribution >= 0.6 is 0 Å². The minimum Gasteiger partial charge on any atom is -0.358 e. The van der Waals surface area contributed by atoms with Crippen molar-refractivity contribution in [2.75, 3.05) is 6.54 Å². The molecule has 0 radical (unpaired) electrons. The number of nitriles is 1. The lowest BCUT2D eigenvalue weighted by atomic mass is 10.0. The monoisotopic (exact) mass is 377 g/mol. The van der Waals surface area contributed by atoms with E-state index < -0.39 is 0 Å². The summed E-state index contributed by atoms with van der Waals surface area (Å²) in [6, 6.07) is 8.54. The molecular weight excluding hydrogens is 346 g/mol. The second kappa shape index (κ2) is 8.39. The topological polar surface area (TPSA) is 59.9 Å². The molecule has 2 aromatic rings. The highest BCUT2D eigenvalue weighted by Gasteiger charge is 2.30. The second-order valence-corrected chi connectivity index (χ2v) is 8.58. The highest BCUT2D eigenvalue weighted by molar-refractivity contribution is 5.85. The number of benzene rings is 1. The Morgan fingerprint density at radius 3 is 2.82 bits per heavy atom. The Hall–Kier alpha value is -2.28. The first kappa shape index (κ1) is 19.1. The minimum atomic E-state index is 0.389. The van der Waals surface area contributed by atoms with Crippen LogP contribution in [0.4, 0.5) is 0 Å². The fraction of sp³-hybridized carbons (Fsp3) is 0.583. The number of aromatic amines is 1. The first-order valence-corrected chi connectivity index (χ1v) is 11.0. The zero-order valence-corrected chi connectivity index (χ0v) is 17.0. The molecule has 1 N–H and O–H groups in total. The van der Waals surface area contributed by atoms with E-state index in [-0.39, 0.29) is 0 Å². The third-order valence-corrected chi connectivity index (χ3v) is 6.84. The maximum absolute atomic E-state index is 12.8. The molecule has 4 heteroatoms. The van der Waals surface area contributed by atoms with Crippen molar-refractivity contribution in [1.82, 2.24) is 9.88 Å². The van der Waals surface area contributed by atoms with E-state index >= 15 is 0 Å². The van der Waals surface area contributed by atoms with E-state index in [1.165, 1.54) is 42.3 Å². The number of H-pyrrole nitrogens is 1. The van der Waals surface area contributed by atoms with E-state index in [1.807, 2.05) is 12.1 Å². The molecule has 2 aliphatic rings. The Labute approximate surface area is 167 Å². The van der Waals surface area contributed by atoms with Crippen LogP contribution in [0.2, 0.25) is 0 Å². The second-order valence-electron chi connectivity index (χ2n) is 8.58. The van der Waals surface area contributed by atoms with Gasteiger partial charge >= 0.3 is 0 Å². The number of amides is 1. The number of carbonyl (C=O) groups excluding carboxylic acids is 1. The molecule has 1 aliphatic carbocycles. The van der Waals surface area contributed by atoms with Gasteiger partial charge in [0.25, 0.3) is 0 Å². The molecule has 2 heterocycles. The molecule has 0 unspecified atom stereocenters. The van der Waals surface area contributed by atoms with Gasteiger partial charge < -0.3 is 9.88 Å². The molecular formula is C24H31N3O. The van der Waals surface area contributed by atoms with Gasteiger partial charge in [-0.15, -0.1) is 0 Å². The summed E-state index contributed by atoms with van der Waals surface area (Å²) < 4.78 is 0. The fourth-order valence-corrected chi connectivity index (χ4v) is 5.35. The summed E-state index contributed by atoms with van der Waals surface area (Å²) in [7, 11) is 0. The fourth-order valence-electron chi connectivity index (χ4n) is 5.35. The smallest absolute Gasteiger partial charge is 0.223 e. The molecule has 1 saturated heterocycles. The van der Waals surface area contributed by atoms with Gasteiger partial charge in [-0.3, -0.25) is 4.79 Å². The number of carbonyl (C=O) groups is 1. The van der Waals surface area contributed by atoms with Crippen LogP contribution in [0.15, 0.2) is 18.2 Å². The Bertz CT molecular complexity index is 885. The molecule has 1 aliphatic heterocycles. The van der Waals surface area contributed by atoms with Gasteiger partial charge in [-0.05, 0) is 68.6 Å². The molecule has 1 saturated carbocycles. The summed E-state index contributed by atoms with van der Waals surface area (Å²) >= 11 is 0. The van der Waals surface area contributed by atoms with Gasteiger partial charge in [0.1, 0.15) is 0 Å². The number of hydrogen-bond donors (Lipinski definition) is 1. The molecule has 4 nitrogen and oxygen atoms in total. The normalized spacial score (nSPS) is 20.1. The van der Waals surface area contributed by atoms with Crippen molar-refractivity contribution in [2.24, 2.45) is 5.92 Å². The van der Waals surface area contributed by atoms with Crippen LogP contribution in [-0.4, -0.2) is 28.4 Å². The summed E-state index contributed by atoms with van der Waals surface area (Å²) in [4.78, 5) is 18.6. The van der Waals surface area contributed by atoms with Crippen LogP contribution < -0.4 is 0 Å². The van der Waals surface area contributed by atoms with E-state index in [2.05, 4.69) is 28.9 Å². The Kier molecular flexibility index (Phi) is 5.71. The lowest BCUT2D eigenvalue weighted by Gasteiger charge is -2.26. The van der Waals surface area contributed by atoms with Gasteiger partial charge in [0.15, 0.2) is 0 Å². The van der Waals surface area contributed by atoms with E-state index in [1.54, 1.807) is 0 Å². The minimum absolute atomic E-state index is 0.389. The molecule has 4 rings (SSSR count). The summed E-state index contributed by atoms with van der Waals surface area (Å²) in [5.74, 6) is 1.02. The largest absolute Gasteiger partial charge is 0.358 e. The number of aryl methyl sites for hydroxylation is 2. The Morgan fingerprint density at radius 1 is 1.25 bits per heavy atom. The number of fused-ring (bicyclic) bond motifs is 1. The Morgan fingerprint density at radius 2 is 2.07 bits per heavy atom. The van der Waals surface area contributed by atoms with Crippen molar-refractivity contribution in [1.29, 1.82) is 5.26 Å². The third-order valence-electron chi connectivity index (χ3n) is 6.84. The average Bonchev–Trinajstić information content (AvgIpc) is 3.44. The maximum atomic E-state index is 12.8. The molecule has 0 spiro atoms. The van der Waals surface area contributed by atoms with E-state index in [0.29, 0.717) is 23.4 Å². The third kappa shape index (κ3) is 3.81. The van der Waals surface area contributed by atoms with Crippen molar-refractivity contribution >= 4 is 16.8 Å². The molecule has 0 bridgehead atoms. The van der Waals surface area contributed by atoms with Crippen LogP contribution in [0.25, 0.3) is 10.9 Å². The zero-order chi connectivity index (χ0) is 19.5. The van der Waals surface area contributed by atoms with Crippen LogP contribution in [0.3, 0.4) is 0 Å². The quantitative estimate of drug-likeness (QED) is 0.761. The predicted octanol–water partition coefficient (Wildman–Crippen LogP) is 5.11. The van der Waals surface area contributed by atoms with Gasteiger partial charge in [0, 0.05) is 35.6 Å². The van der Waals surface area contributed by atoms with Crippen molar-refractivity contribution in [3.8, 4) is 6.07 Å². The van der Waals surface area contributed by atoms with Crippen LogP contribution in [0.5, 0.6) is 0 Å². The molecule has 1 atom stereocenters. The Balaban J connectivity index is 1.44. The van der Waals surface area contributed by atoms with Gasteiger partial charge in [-0.2, -0.15) is 5.26 Å². The number of rotatable bonds is 6. The van der Waals surface area contributed by atoms with Crippen molar-refractivity contribution in [3.05, 3.63) is 35.0 Å². The highest BCUT2D eigenvalue weighted by Crippen LogP contribution is 2.31. The van der Waals surface area contributed by atoms with Crippen LogP contribution in [0, 0.1) is 17.2 Å². The van der Waals surface area contributed by atoms with Gasteiger partial charge in [0.05, 0.1) is 11.6 Å².